The van der Waals surface area contributed by atoms with Crippen LogP contribution in [-0.2, 0) is 4.79 Å². The first-order chi connectivity index (χ1) is 11.0. The third kappa shape index (κ3) is 5.32. The van der Waals surface area contributed by atoms with Crippen LogP contribution in [0.4, 0.5) is 0 Å². The first-order valence-electron chi connectivity index (χ1n) is 8.04. The topological polar surface area (TPSA) is 75.4 Å². The van der Waals surface area contributed by atoms with Gasteiger partial charge in [-0.05, 0) is 49.9 Å². The van der Waals surface area contributed by atoms with Gasteiger partial charge in [0.05, 0.1) is 0 Å². The number of rotatable bonds is 5. The number of amides is 2. The molecule has 1 unspecified atom stereocenters. The highest BCUT2D eigenvalue weighted by Gasteiger charge is 2.24. The largest absolute Gasteiger partial charge is 0.352 e. The van der Waals surface area contributed by atoms with Crippen molar-refractivity contribution in [2.75, 3.05) is 19.6 Å². The smallest absolute Gasteiger partial charge is 0.251 e. The van der Waals surface area contributed by atoms with Crippen LogP contribution in [0.3, 0.4) is 0 Å². The van der Waals surface area contributed by atoms with Crippen molar-refractivity contribution in [2.24, 2.45) is 11.7 Å². The Bertz CT molecular complexity index is 537. The molecule has 0 saturated carbocycles. The summed E-state index contributed by atoms with van der Waals surface area (Å²) in [6, 6.07) is 7.34. The molecule has 1 aliphatic rings. The van der Waals surface area contributed by atoms with E-state index in [9.17, 15) is 9.59 Å². The van der Waals surface area contributed by atoms with Crippen molar-refractivity contribution in [3.05, 3.63) is 34.3 Å². The molecule has 1 fully saturated rings. The minimum Gasteiger partial charge on any atom is -0.352 e. The van der Waals surface area contributed by atoms with Crippen molar-refractivity contribution >= 4 is 27.7 Å². The maximum Gasteiger partial charge on any atom is 0.251 e. The molecule has 1 heterocycles. The second-order valence-corrected chi connectivity index (χ2v) is 7.01. The van der Waals surface area contributed by atoms with Gasteiger partial charge in [0.25, 0.3) is 5.91 Å². The number of nitrogens with two attached hydrogens (primary N) is 1. The van der Waals surface area contributed by atoms with Crippen LogP contribution in [0.5, 0.6) is 0 Å². The number of hydrogen-bond donors (Lipinski definition) is 2. The van der Waals surface area contributed by atoms with Crippen molar-refractivity contribution in [1.29, 1.82) is 0 Å². The Kier molecular flexibility index (Phi) is 6.59. The van der Waals surface area contributed by atoms with Gasteiger partial charge in [-0.3, -0.25) is 9.59 Å². The molecule has 1 aliphatic heterocycles. The fraction of sp³-hybridized carbons (Fsp3) is 0.529. The highest BCUT2D eigenvalue weighted by atomic mass is 79.9. The molecule has 1 saturated heterocycles. The van der Waals surface area contributed by atoms with E-state index in [1.54, 1.807) is 12.1 Å². The number of piperidine rings is 1. The number of likely N-dealkylation sites (tertiary alicyclic amines) is 1. The number of halogens is 1. The standard InChI is InChI=1S/C17H24BrN3O2/c1-12(19)13-7-10-21(11-8-13)16(22)6-9-20-17(23)14-2-4-15(18)5-3-14/h2-5,12-13H,6-11,19H2,1H3,(H,20,23). The van der Waals surface area contributed by atoms with Crippen LogP contribution in [0.2, 0.25) is 0 Å². The lowest BCUT2D eigenvalue weighted by molar-refractivity contribution is -0.132. The Labute approximate surface area is 145 Å². The van der Waals surface area contributed by atoms with Gasteiger partial charge < -0.3 is 16.0 Å². The van der Waals surface area contributed by atoms with E-state index in [-0.39, 0.29) is 17.9 Å². The van der Waals surface area contributed by atoms with Crippen LogP contribution in [0.25, 0.3) is 0 Å². The molecule has 1 aromatic rings. The van der Waals surface area contributed by atoms with E-state index < -0.39 is 0 Å². The molecule has 0 spiro atoms. The van der Waals surface area contributed by atoms with E-state index in [0.29, 0.717) is 24.4 Å². The molecule has 2 rings (SSSR count). The summed E-state index contributed by atoms with van der Waals surface area (Å²) in [5.41, 5.74) is 6.51. The predicted molar refractivity (Wildman–Crippen MR) is 94.0 cm³/mol. The Hall–Kier alpha value is -1.40. The SMILES string of the molecule is CC(N)C1CCN(C(=O)CCNC(=O)c2ccc(Br)cc2)CC1. The molecule has 2 amide bonds. The minimum absolute atomic E-state index is 0.101. The van der Waals surface area contributed by atoms with Crippen molar-refractivity contribution in [2.45, 2.75) is 32.2 Å². The van der Waals surface area contributed by atoms with Crippen LogP contribution >= 0.6 is 15.9 Å². The summed E-state index contributed by atoms with van der Waals surface area (Å²) in [6.07, 6.45) is 2.27. The minimum atomic E-state index is -0.152. The predicted octanol–water partition coefficient (Wildman–Crippen LogP) is 2.15. The van der Waals surface area contributed by atoms with Crippen molar-refractivity contribution in [3.8, 4) is 0 Å². The lowest BCUT2D eigenvalue weighted by atomic mass is 9.91. The molecular formula is C17H24BrN3O2. The summed E-state index contributed by atoms with van der Waals surface area (Å²) in [7, 11) is 0. The second kappa shape index (κ2) is 8.45. The van der Waals surface area contributed by atoms with Gasteiger partial charge in [-0.15, -0.1) is 0 Å². The molecule has 0 radical (unpaired) electrons. The number of carbonyl (C=O) groups is 2. The zero-order valence-electron chi connectivity index (χ0n) is 13.4. The Balaban J connectivity index is 1.71. The van der Waals surface area contributed by atoms with Gasteiger partial charge in [0.2, 0.25) is 5.91 Å². The Morgan fingerprint density at radius 3 is 2.48 bits per heavy atom. The van der Waals surface area contributed by atoms with Crippen molar-refractivity contribution < 1.29 is 9.59 Å². The van der Waals surface area contributed by atoms with E-state index in [1.807, 2.05) is 24.0 Å². The van der Waals surface area contributed by atoms with Crippen LogP contribution in [-0.4, -0.2) is 42.4 Å². The summed E-state index contributed by atoms with van der Waals surface area (Å²) in [5, 5.41) is 2.79. The maximum absolute atomic E-state index is 12.2. The van der Waals surface area contributed by atoms with Crippen LogP contribution in [0, 0.1) is 5.92 Å². The Morgan fingerprint density at radius 2 is 1.91 bits per heavy atom. The molecule has 126 valence electrons. The van der Waals surface area contributed by atoms with Crippen LogP contribution in [0.1, 0.15) is 36.5 Å². The van der Waals surface area contributed by atoms with Crippen molar-refractivity contribution in [3.63, 3.8) is 0 Å². The van der Waals surface area contributed by atoms with Gasteiger partial charge in [-0.2, -0.15) is 0 Å². The van der Waals surface area contributed by atoms with Crippen molar-refractivity contribution in [1.82, 2.24) is 10.2 Å². The molecule has 3 N–H and O–H groups in total. The summed E-state index contributed by atoms with van der Waals surface area (Å²) in [6.45, 7) is 3.93. The van der Waals surface area contributed by atoms with Gasteiger partial charge in [-0.25, -0.2) is 0 Å². The zero-order chi connectivity index (χ0) is 16.8. The van der Waals surface area contributed by atoms with E-state index in [0.717, 1.165) is 30.4 Å². The highest BCUT2D eigenvalue weighted by Crippen LogP contribution is 2.19. The average molecular weight is 382 g/mol. The number of hydrogen-bond acceptors (Lipinski definition) is 3. The van der Waals surface area contributed by atoms with Crippen LogP contribution in [0.15, 0.2) is 28.7 Å². The third-order valence-corrected chi connectivity index (χ3v) is 4.90. The van der Waals surface area contributed by atoms with E-state index in [4.69, 9.17) is 5.73 Å². The van der Waals surface area contributed by atoms with E-state index >= 15 is 0 Å². The van der Waals surface area contributed by atoms with E-state index in [1.165, 1.54) is 0 Å². The van der Waals surface area contributed by atoms with Gasteiger partial charge in [0, 0.05) is 42.1 Å². The summed E-state index contributed by atoms with van der Waals surface area (Å²) in [5.74, 6) is 0.460. The van der Waals surface area contributed by atoms with Gasteiger partial charge >= 0.3 is 0 Å². The number of carbonyl (C=O) groups excluding carboxylic acids is 2. The molecule has 23 heavy (non-hydrogen) atoms. The normalized spacial score (nSPS) is 16.9. The molecule has 0 bridgehead atoms. The summed E-state index contributed by atoms with van der Waals surface area (Å²) < 4.78 is 0.930. The molecule has 1 atom stereocenters. The maximum atomic E-state index is 12.2. The molecule has 5 nitrogen and oxygen atoms in total. The Morgan fingerprint density at radius 1 is 1.30 bits per heavy atom. The van der Waals surface area contributed by atoms with Crippen LogP contribution < -0.4 is 11.1 Å². The first-order valence-corrected chi connectivity index (χ1v) is 8.84. The van der Waals surface area contributed by atoms with Gasteiger partial charge in [0.15, 0.2) is 0 Å². The first kappa shape index (κ1) is 17.9. The van der Waals surface area contributed by atoms with E-state index in [2.05, 4.69) is 21.2 Å². The number of nitrogens with zero attached hydrogens (tertiary/aromatic N) is 1. The number of benzene rings is 1. The third-order valence-electron chi connectivity index (χ3n) is 4.37. The molecule has 0 aliphatic carbocycles. The summed E-state index contributed by atoms with van der Waals surface area (Å²) in [4.78, 5) is 26.0. The lowest BCUT2D eigenvalue weighted by Gasteiger charge is -2.33. The average Bonchev–Trinajstić information content (AvgIpc) is 2.55. The zero-order valence-corrected chi connectivity index (χ0v) is 15.0. The molecule has 6 heteroatoms. The van der Waals surface area contributed by atoms with Gasteiger partial charge in [-0.1, -0.05) is 15.9 Å². The molecule has 0 aromatic heterocycles. The molecular weight excluding hydrogens is 358 g/mol. The molecule has 1 aromatic carbocycles. The number of nitrogens with one attached hydrogen (secondary N) is 1. The quantitative estimate of drug-likeness (QED) is 0.820. The fourth-order valence-corrected chi connectivity index (χ4v) is 3.08. The highest BCUT2D eigenvalue weighted by molar-refractivity contribution is 9.10. The summed E-state index contributed by atoms with van der Waals surface area (Å²) >= 11 is 3.33. The van der Waals surface area contributed by atoms with Gasteiger partial charge in [0.1, 0.15) is 0 Å². The monoisotopic (exact) mass is 381 g/mol. The lowest BCUT2D eigenvalue weighted by Crippen LogP contribution is -2.43. The second-order valence-electron chi connectivity index (χ2n) is 6.09. The fourth-order valence-electron chi connectivity index (χ4n) is 2.82.